The van der Waals surface area contributed by atoms with Crippen molar-refractivity contribution in [1.29, 1.82) is 0 Å². The number of fused-ring (bicyclic) bond motifs is 1. The van der Waals surface area contributed by atoms with Crippen molar-refractivity contribution < 1.29 is 4.21 Å². The lowest BCUT2D eigenvalue weighted by atomic mass is 10.1. The molecule has 0 aliphatic heterocycles. The minimum absolute atomic E-state index is 0.686. The molecule has 2 aromatic rings. The highest BCUT2D eigenvalue weighted by atomic mass is 32.2. The van der Waals surface area contributed by atoms with Crippen molar-refractivity contribution in [3.8, 4) is 0 Å². The Balaban J connectivity index is 2.44. The average Bonchev–Trinajstić information content (AvgIpc) is 2.43. The molecular weight excluding hydrogens is 270 g/mol. The van der Waals surface area contributed by atoms with Crippen LogP contribution in [0.25, 0.3) is 10.8 Å². The molecule has 108 valence electrons. The number of likely N-dealkylation sites (N-methyl/N-ethyl adjacent to an activating group) is 2. The molecule has 2 rings (SSSR count). The summed E-state index contributed by atoms with van der Waals surface area (Å²) in [5, 5.41) is 7.61. The van der Waals surface area contributed by atoms with Crippen molar-refractivity contribution in [1.82, 2.24) is 4.90 Å². The Morgan fingerprint density at radius 3 is 2.30 bits per heavy atom. The Labute approximate surface area is 122 Å². The third kappa shape index (κ3) is 3.17. The van der Waals surface area contributed by atoms with Gasteiger partial charge < -0.3 is 9.80 Å². The molecule has 0 aromatic heterocycles. The zero-order valence-electron chi connectivity index (χ0n) is 12.2. The minimum atomic E-state index is -1.46. The third-order valence-corrected chi connectivity index (χ3v) is 4.16. The SMILES string of the molecule is CN(C)CCN(C)c1cccc2c(S(N)=O)cccc12. The highest BCUT2D eigenvalue weighted by Crippen LogP contribution is 2.29. The first-order valence-electron chi connectivity index (χ1n) is 6.54. The van der Waals surface area contributed by atoms with E-state index in [1.54, 1.807) is 0 Å². The molecule has 0 spiro atoms. The molecule has 0 bridgehead atoms. The predicted octanol–water partition coefficient (Wildman–Crippen LogP) is 1.82. The normalized spacial score (nSPS) is 12.8. The molecule has 4 nitrogen and oxygen atoms in total. The summed E-state index contributed by atoms with van der Waals surface area (Å²) in [6.45, 7) is 1.91. The Morgan fingerprint density at radius 2 is 1.65 bits per heavy atom. The van der Waals surface area contributed by atoms with Gasteiger partial charge in [0.25, 0.3) is 0 Å². The maximum absolute atomic E-state index is 11.6. The van der Waals surface area contributed by atoms with E-state index in [1.165, 1.54) is 0 Å². The fraction of sp³-hybridized carbons (Fsp3) is 0.333. The van der Waals surface area contributed by atoms with Crippen LogP contribution in [0.15, 0.2) is 41.3 Å². The van der Waals surface area contributed by atoms with Crippen molar-refractivity contribution in [2.24, 2.45) is 5.14 Å². The van der Waals surface area contributed by atoms with Crippen LogP contribution < -0.4 is 10.0 Å². The summed E-state index contributed by atoms with van der Waals surface area (Å²) in [6, 6.07) is 11.8. The fourth-order valence-electron chi connectivity index (χ4n) is 2.24. The van der Waals surface area contributed by atoms with Crippen LogP contribution in [0.1, 0.15) is 0 Å². The minimum Gasteiger partial charge on any atom is -0.373 e. The van der Waals surface area contributed by atoms with Gasteiger partial charge in [0, 0.05) is 36.6 Å². The fourth-order valence-corrected chi connectivity index (χ4v) is 2.85. The molecule has 0 heterocycles. The molecule has 1 unspecified atom stereocenters. The lowest BCUT2D eigenvalue weighted by molar-refractivity contribution is 0.416. The molecule has 2 aromatic carbocycles. The lowest BCUT2D eigenvalue weighted by Gasteiger charge is -2.23. The second-order valence-corrected chi connectivity index (χ2v) is 6.19. The van der Waals surface area contributed by atoms with Crippen LogP contribution in [0.2, 0.25) is 0 Å². The van der Waals surface area contributed by atoms with Crippen molar-refractivity contribution >= 4 is 27.4 Å². The quantitative estimate of drug-likeness (QED) is 0.914. The molecule has 2 N–H and O–H groups in total. The second kappa shape index (κ2) is 6.35. The molecule has 0 saturated carbocycles. The summed E-state index contributed by atoms with van der Waals surface area (Å²) in [5.74, 6) is 0. The summed E-state index contributed by atoms with van der Waals surface area (Å²) in [7, 11) is 4.74. The van der Waals surface area contributed by atoms with Crippen LogP contribution in [0.5, 0.6) is 0 Å². The van der Waals surface area contributed by atoms with Crippen LogP contribution in [-0.2, 0) is 11.0 Å². The smallest absolute Gasteiger partial charge is 0.122 e. The van der Waals surface area contributed by atoms with E-state index >= 15 is 0 Å². The molecular formula is C15H21N3OS. The highest BCUT2D eigenvalue weighted by molar-refractivity contribution is 7.83. The monoisotopic (exact) mass is 291 g/mol. The largest absolute Gasteiger partial charge is 0.373 e. The van der Waals surface area contributed by atoms with Crippen molar-refractivity contribution in [3.05, 3.63) is 36.4 Å². The summed E-state index contributed by atoms with van der Waals surface area (Å²) >= 11 is 0. The van der Waals surface area contributed by atoms with Crippen LogP contribution in [0, 0.1) is 0 Å². The first kappa shape index (κ1) is 15.0. The zero-order valence-corrected chi connectivity index (χ0v) is 13.0. The van der Waals surface area contributed by atoms with E-state index in [1.807, 2.05) is 30.3 Å². The summed E-state index contributed by atoms with van der Waals surface area (Å²) in [4.78, 5) is 5.05. The van der Waals surface area contributed by atoms with Gasteiger partial charge in [-0.2, -0.15) is 0 Å². The van der Waals surface area contributed by atoms with Gasteiger partial charge in [-0.15, -0.1) is 0 Å². The molecule has 0 saturated heterocycles. The van der Waals surface area contributed by atoms with Gasteiger partial charge in [-0.25, -0.2) is 9.35 Å². The molecule has 0 fully saturated rings. The van der Waals surface area contributed by atoms with E-state index in [4.69, 9.17) is 5.14 Å². The summed E-state index contributed by atoms with van der Waals surface area (Å²) in [5.41, 5.74) is 1.14. The van der Waals surface area contributed by atoms with Crippen LogP contribution in [-0.4, -0.2) is 43.3 Å². The molecule has 0 amide bonds. The number of benzene rings is 2. The van der Waals surface area contributed by atoms with Gasteiger partial charge in [-0.3, -0.25) is 0 Å². The summed E-state index contributed by atoms with van der Waals surface area (Å²) in [6.07, 6.45) is 0. The van der Waals surface area contributed by atoms with Gasteiger partial charge in [-0.05, 0) is 26.2 Å². The van der Waals surface area contributed by atoms with Gasteiger partial charge in [0.1, 0.15) is 11.0 Å². The van der Waals surface area contributed by atoms with E-state index in [2.05, 4.69) is 37.0 Å². The highest BCUT2D eigenvalue weighted by Gasteiger charge is 2.10. The second-order valence-electron chi connectivity index (χ2n) is 5.15. The van der Waals surface area contributed by atoms with E-state index in [0.29, 0.717) is 4.90 Å². The van der Waals surface area contributed by atoms with E-state index in [-0.39, 0.29) is 0 Å². The molecule has 5 heteroatoms. The Hall–Kier alpha value is -1.43. The van der Waals surface area contributed by atoms with Gasteiger partial charge >= 0.3 is 0 Å². The maximum atomic E-state index is 11.6. The molecule has 20 heavy (non-hydrogen) atoms. The Morgan fingerprint density at radius 1 is 1.00 bits per heavy atom. The Bertz CT molecular complexity index is 628. The van der Waals surface area contributed by atoms with Gasteiger partial charge in [0.15, 0.2) is 0 Å². The first-order valence-corrected chi connectivity index (χ1v) is 7.76. The average molecular weight is 291 g/mol. The number of nitrogens with zero attached hydrogens (tertiary/aromatic N) is 2. The van der Waals surface area contributed by atoms with E-state index < -0.39 is 11.0 Å². The standard InChI is InChI=1S/C15H21N3OS/c1-17(2)10-11-18(3)14-8-4-7-13-12(14)6-5-9-15(13)20(16)19/h4-9H,10-11,16H2,1-3H3. The van der Waals surface area contributed by atoms with E-state index in [0.717, 1.165) is 29.5 Å². The van der Waals surface area contributed by atoms with Gasteiger partial charge in [0.2, 0.25) is 0 Å². The third-order valence-electron chi connectivity index (χ3n) is 3.37. The number of rotatable bonds is 5. The van der Waals surface area contributed by atoms with E-state index in [9.17, 15) is 4.21 Å². The Kier molecular flexibility index (Phi) is 4.75. The number of hydrogen-bond donors (Lipinski definition) is 1. The lowest BCUT2D eigenvalue weighted by Crippen LogP contribution is -2.28. The topological polar surface area (TPSA) is 49.6 Å². The first-order chi connectivity index (χ1) is 9.50. The van der Waals surface area contributed by atoms with Crippen LogP contribution in [0.4, 0.5) is 5.69 Å². The molecule has 0 aliphatic rings. The number of nitrogens with two attached hydrogens (primary N) is 1. The molecule has 0 aliphatic carbocycles. The summed E-state index contributed by atoms with van der Waals surface area (Å²) < 4.78 is 11.6. The predicted molar refractivity (Wildman–Crippen MR) is 86.4 cm³/mol. The number of hydrogen-bond acceptors (Lipinski definition) is 3. The van der Waals surface area contributed by atoms with Crippen molar-refractivity contribution in [2.75, 3.05) is 39.1 Å². The number of anilines is 1. The molecule has 0 radical (unpaired) electrons. The zero-order chi connectivity index (χ0) is 14.7. The maximum Gasteiger partial charge on any atom is 0.122 e. The van der Waals surface area contributed by atoms with Crippen molar-refractivity contribution in [3.63, 3.8) is 0 Å². The van der Waals surface area contributed by atoms with Crippen LogP contribution >= 0.6 is 0 Å². The molecule has 1 atom stereocenters. The van der Waals surface area contributed by atoms with Gasteiger partial charge in [-0.1, -0.05) is 24.3 Å². The van der Waals surface area contributed by atoms with Gasteiger partial charge in [0.05, 0.1) is 4.90 Å². The van der Waals surface area contributed by atoms with Crippen molar-refractivity contribution in [2.45, 2.75) is 4.90 Å². The van der Waals surface area contributed by atoms with Crippen LogP contribution in [0.3, 0.4) is 0 Å².